The number of hydrogen-bond acceptors (Lipinski definition) is 2. The van der Waals surface area contributed by atoms with Crippen molar-refractivity contribution < 1.29 is 4.74 Å². The van der Waals surface area contributed by atoms with Crippen molar-refractivity contribution >= 4 is 6.02 Å². The lowest BCUT2D eigenvalue weighted by Gasteiger charge is -2.14. The zero-order valence-electron chi connectivity index (χ0n) is 10.8. The van der Waals surface area contributed by atoms with Crippen LogP contribution in [0, 0.1) is 0 Å². The lowest BCUT2D eigenvalue weighted by atomic mass is 9.98. The second-order valence-electron chi connectivity index (χ2n) is 4.60. The van der Waals surface area contributed by atoms with Gasteiger partial charge in [-0.1, -0.05) is 48.5 Å². The summed E-state index contributed by atoms with van der Waals surface area (Å²) in [5.74, 6) is 0.229. The molecular formula is C16H16N2O. The van der Waals surface area contributed by atoms with E-state index in [2.05, 4.69) is 53.5 Å². The Labute approximate surface area is 112 Å². The van der Waals surface area contributed by atoms with Gasteiger partial charge in [0.05, 0.1) is 0 Å². The Hall–Kier alpha value is -2.29. The fourth-order valence-electron chi connectivity index (χ4n) is 2.67. The monoisotopic (exact) mass is 252 g/mol. The minimum absolute atomic E-state index is 0.229. The van der Waals surface area contributed by atoms with E-state index in [0.717, 1.165) is 0 Å². The van der Waals surface area contributed by atoms with Crippen LogP contribution in [0.15, 0.2) is 53.5 Å². The molecule has 0 amide bonds. The van der Waals surface area contributed by atoms with Gasteiger partial charge in [-0.15, -0.1) is 0 Å². The predicted octanol–water partition coefficient (Wildman–Crippen LogP) is 2.76. The molecule has 1 aliphatic rings. The average Bonchev–Trinajstić information content (AvgIpc) is 2.79. The van der Waals surface area contributed by atoms with E-state index in [1.807, 2.05) is 0 Å². The Morgan fingerprint density at radius 1 is 1.05 bits per heavy atom. The number of benzene rings is 2. The zero-order valence-corrected chi connectivity index (χ0v) is 10.8. The highest BCUT2D eigenvalue weighted by molar-refractivity contribution is 5.79. The van der Waals surface area contributed by atoms with Crippen LogP contribution < -0.4 is 5.73 Å². The molecule has 3 rings (SSSR count). The second-order valence-corrected chi connectivity index (χ2v) is 4.60. The maximum atomic E-state index is 5.62. The number of rotatable bonds is 2. The van der Waals surface area contributed by atoms with Crippen LogP contribution in [0.1, 0.15) is 17.0 Å². The van der Waals surface area contributed by atoms with Gasteiger partial charge in [0.25, 0.3) is 6.02 Å². The van der Waals surface area contributed by atoms with E-state index < -0.39 is 0 Å². The van der Waals surface area contributed by atoms with Crippen LogP contribution in [-0.2, 0) is 4.74 Å². The van der Waals surface area contributed by atoms with Gasteiger partial charge in [0.2, 0.25) is 0 Å². The van der Waals surface area contributed by atoms with Gasteiger partial charge >= 0.3 is 0 Å². The van der Waals surface area contributed by atoms with Crippen molar-refractivity contribution in [2.75, 3.05) is 13.7 Å². The SMILES string of the molecule is CN=C(N)OCC1c2ccccc2-c2ccccc21. The third-order valence-corrected chi connectivity index (χ3v) is 3.58. The van der Waals surface area contributed by atoms with Crippen LogP contribution in [0.25, 0.3) is 11.1 Å². The summed E-state index contributed by atoms with van der Waals surface area (Å²) in [7, 11) is 1.63. The van der Waals surface area contributed by atoms with Crippen LogP contribution in [0.3, 0.4) is 0 Å². The molecule has 3 heteroatoms. The Kier molecular flexibility index (Phi) is 2.95. The summed E-state index contributed by atoms with van der Waals surface area (Å²) >= 11 is 0. The summed E-state index contributed by atoms with van der Waals surface area (Å²) in [5, 5.41) is 0. The summed E-state index contributed by atoms with van der Waals surface area (Å²) in [6, 6.07) is 17.1. The van der Waals surface area contributed by atoms with E-state index in [1.165, 1.54) is 22.3 Å². The smallest absolute Gasteiger partial charge is 0.281 e. The largest absolute Gasteiger partial charge is 0.464 e. The fourth-order valence-corrected chi connectivity index (χ4v) is 2.67. The van der Waals surface area contributed by atoms with Crippen LogP contribution in [0.5, 0.6) is 0 Å². The summed E-state index contributed by atoms with van der Waals surface area (Å²) in [4.78, 5) is 3.83. The maximum Gasteiger partial charge on any atom is 0.281 e. The van der Waals surface area contributed by atoms with E-state index >= 15 is 0 Å². The maximum absolute atomic E-state index is 5.62. The molecular weight excluding hydrogens is 236 g/mol. The van der Waals surface area contributed by atoms with Crippen molar-refractivity contribution in [3.05, 3.63) is 59.7 Å². The van der Waals surface area contributed by atoms with Crippen molar-refractivity contribution in [3.8, 4) is 11.1 Å². The van der Waals surface area contributed by atoms with E-state index in [1.54, 1.807) is 7.05 Å². The number of nitrogens with zero attached hydrogens (tertiary/aromatic N) is 1. The minimum atomic E-state index is 0.229. The molecule has 0 unspecified atom stereocenters. The van der Waals surface area contributed by atoms with Gasteiger partial charge in [0.1, 0.15) is 6.61 Å². The van der Waals surface area contributed by atoms with Crippen molar-refractivity contribution in [1.82, 2.24) is 0 Å². The highest BCUT2D eigenvalue weighted by Crippen LogP contribution is 2.44. The normalized spacial score (nSPS) is 14.1. The van der Waals surface area contributed by atoms with E-state index in [9.17, 15) is 0 Å². The van der Waals surface area contributed by atoms with E-state index in [4.69, 9.17) is 10.5 Å². The first-order chi connectivity index (χ1) is 9.31. The highest BCUT2D eigenvalue weighted by atomic mass is 16.5. The van der Waals surface area contributed by atoms with E-state index in [-0.39, 0.29) is 11.9 Å². The summed E-state index contributed by atoms with van der Waals surface area (Å²) in [6.45, 7) is 0.525. The van der Waals surface area contributed by atoms with Crippen LogP contribution in [0.4, 0.5) is 0 Å². The number of nitrogens with two attached hydrogens (primary N) is 1. The molecule has 2 aromatic carbocycles. The van der Waals surface area contributed by atoms with Gasteiger partial charge < -0.3 is 10.5 Å². The van der Waals surface area contributed by atoms with Crippen molar-refractivity contribution in [1.29, 1.82) is 0 Å². The van der Waals surface area contributed by atoms with Gasteiger partial charge in [-0.05, 0) is 22.3 Å². The molecule has 0 spiro atoms. The molecule has 2 aromatic rings. The minimum Gasteiger partial charge on any atom is -0.464 e. The van der Waals surface area contributed by atoms with Gasteiger partial charge in [-0.2, -0.15) is 0 Å². The molecule has 3 nitrogen and oxygen atoms in total. The molecule has 0 saturated carbocycles. The van der Waals surface area contributed by atoms with Crippen LogP contribution >= 0.6 is 0 Å². The number of hydrogen-bond donors (Lipinski definition) is 1. The number of ether oxygens (including phenoxy) is 1. The molecule has 19 heavy (non-hydrogen) atoms. The third kappa shape index (κ3) is 1.97. The van der Waals surface area contributed by atoms with Gasteiger partial charge in [-0.25, -0.2) is 4.99 Å². The molecule has 0 aliphatic heterocycles. The first kappa shape index (κ1) is 11.8. The van der Waals surface area contributed by atoms with Crippen molar-refractivity contribution in [3.63, 3.8) is 0 Å². The highest BCUT2D eigenvalue weighted by Gasteiger charge is 2.28. The molecule has 0 fully saturated rings. The molecule has 0 radical (unpaired) electrons. The molecule has 0 aromatic heterocycles. The summed E-state index contributed by atoms with van der Waals surface area (Å²) < 4.78 is 5.52. The molecule has 1 aliphatic carbocycles. The van der Waals surface area contributed by atoms with Gasteiger partial charge in [-0.3, -0.25) is 0 Å². The summed E-state index contributed by atoms with van der Waals surface area (Å²) in [6.07, 6.45) is 0. The third-order valence-electron chi connectivity index (χ3n) is 3.58. The number of fused-ring (bicyclic) bond motifs is 3. The molecule has 0 bridgehead atoms. The van der Waals surface area contributed by atoms with E-state index in [0.29, 0.717) is 6.61 Å². The Balaban J connectivity index is 2.00. The predicted molar refractivity (Wildman–Crippen MR) is 77.2 cm³/mol. The Morgan fingerprint density at radius 2 is 1.58 bits per heavy atom. The van der Waals surface area contributed by atoms with Crippen LogP contribution in [0.2, 0.25) is 0 Å². The number of aliphatic imine (C=N–C) groups is 1. The van der Waals surface area contributed by atoms with Crippen molar-refractivity contribution in [2.24, 2.45) is 10.7 Å². The van der Waals surface area contributed by atoms with Gasteiger partial charge in [0, 0.05) is 13.0 Å². The first-order valence-corrected chi connectivity index (χ1v) is 6.34. The topological polar surface area (TPSA) is 47.6 Å². The zero-order chi connectivity index (χ0) is 13.2. The first-order valence-electron chi connectivity index (χ1n) is 6.34. The number of amidine groups is 1. The van der Waals surface area contributed by atoms with Crippen LogP contribution in [-0.4, -0.2) is 19.7 Å². The lowest BCUT2D eigenvalue weighted by molar-refractivity contribution is 0.287. The average molecular weight is 252 g/mol. The quantitative estimate of drug-likeness (QED) is 0.660. The van der Waals surface area contributed by atoms with Crippen molar-refractivity contribution in [2.45, 2.75) is 5.92 Å². The lowest BCUT2D eigenvalue weighted by Crippen LogP contribution is -2.19. The standard InChI is InChI=1S/C16H16N2O/c1-18-16(17)19-10-15-13-8-4-2-6-11(13)12-7-3-5-9-14(12)15/h2-9,15H,10H2,1H3,(H2,17,18). The molecule has 96 valence electrons. The Bertz CT molecular complexity index is 589. The van der Waals surface area contributed by atoms with Gasteiger partial charge in [0.15, 0.2) is 0 Å². The second kappa shape index (κ2) is 4.76. The molecule has 0 atom stereocenters. The molecule has 0 saturated heterocycles. The fraction of sp³-hybridized carbons (Fsp3) is 0.188. The summed E-state index contributed by atoms with van der Waals surface area (Å²) in [5.41, 5.74) is 10.8. The molecule has 0 heterocycles. The molecule has 2 N–H and O–H groups in total. The Morgan fingerprint density at radius 3 is 2.11 bits per heavy atom.